The van der Waals surface area contributed by atoms with Crippen LogP contribution in [0.15, 0.2) is 34.9 Å². The maximum absolute atomic E-state index is 5.92. The van der Waals surface area contributed by atoms with Crippen LogP contribution in [0.2, 0.25) is 5.02 Å². The molecule has 0 radical (unpaired) electrons. The number of ether oxygens (including phenoxy) is 1. The van der Waals surface area contributed by atoms with E-state index >= 15 is 0 Å². The molecule has 0 atom stereocenters. The third kappa shape index (κ3) is 5.87. The van der Waals surface area contributed by atoms with E-state index in [0.717, 1.165) is 30.1 Å². The zero-order valence-corrected chi connectivity index (χ0v) is 13.2. The molecule has 0 aliphatic carbocycles. The Morgan fingerprint density at radius 2 is 2.14 bits per heavy atom. The highest BCUT2D eigenvalue weighted by molar-refractivity contribution is 6.30. The van der Waals surface area contributed by atoms with Crippen LogP contribution in [0.3, 0.4) is 0 Å². The van der Waals surface area contributed by atoms with Gasteiger partial charge in [0.15, 0.2) is 5.76 Å². The predicted octanol–water partition coefficient (Wildman–Crippen LogP) is 3.79. The molecular formula is C16H21ClN2O2. The lowest BCUT2D eigenvalue weighted by molar-refractivity contribution is 0.0883. The Morgan fingerprint density at radius 1 is 1.29 bits per heavy atom. The summed E-state index contributed by atoms with van der Waals surface area (Å²) < 4.78 is 10.8. The van der Waals surface area contributed by atoms with Crippen molar-refractivity contribution in [3.63, 3.8) is 0 Å². The van der Waals surface area contributed by atoms with Crippen LogP contribution in [0.25, 0.3) is 0 Å². The van der Waals surface area contributed by atoms with E-state index in [-0.39, 0.29) is 0 Å². The zero-order valence-electron chi connectivity index (χ0n) is 12.4. The molecule has 1 heterocycles. The fourth-order valence-electron chi connectivity index (χ4n) is 1.89. The van der Waals surface area contributed by atoms with E-state index < -0.39 is 0 Å². The summed E-state index contributed by atoms with van der Waals surface area (Å²) in [6.45, 7) is 6.94. The van der Waals surface area contributed by atoms with Gasteiger partial charge in [0.2, 0.25) is 0 Å². The van der Waals surface area contributed by atoms with Gasteiger partial charge in [0.25, 0.3) is 0 Å². The van der Waals surface area contributed by atoms with Crippen molar-refractivity contribution in [2.45, 2.75) is 33.6 Å². The fraction of sp³-hybridized carbons (Fsp3) is 0.438. The molecule has 0 fully saturated rings. The molecule has 5 heteroatoms. The molecule has 1 aromatic heterocycles. The fourth-order valence-corrected chi connectivity index (χ4v) is 2.11. The number of aromatic nitrogens is 1. The van der Waals surface area contributed by atoms with Crippen molar-refractivity contribution in [3.8, 4) is 0 Å². The van der Waals surface area contributed by atoms with Gasteiger partial charge in [-0.05, 0) is 30.2 Å². The number of benzene rings is 1. The van der Waals surface area contributed by atoms with E-state index in [1.54, 1.807) is 0 Å². The first-order valence-electron chi connectivity index (χ1n) is 7.11. The average Bonchev–Trinajstić information content (AvgIpc) is 2.86. The minimum Gasteiger partial charge on any atom is -0.369 e. The molecule has 0 aliphatic rings. The summed E-state index contributed by atoms with van der Waals surface area (Å²) in [6, 6.07) is 9.55. The highest BCUT2D eigenvalue weighted by Gasteiger charge is 2.05. The Hall–Kier alpha value is -1.36. The van der Waals surface area contributed by atoms with E-state index in [4.69, 9.17) is 20.9 Å². The van der Waals surface area contributed by atoms with Crippen LogP contribution >= 0.6 is 11.6 Å². The van der Waals surface area contributed by atoms with Crippen LogP contribution in [0.1, 0.15) is 30.9 Å². The zero-order chi connectivity index (χ0) is 15.1. The van der Waals surface area contributed by atoms with Gasteiger partial charge < -0.3 is 14.6 Å². The van der Waals surface area contributed by atoms with E-state index in [1.165, 1.54) is 0 Å². The van der Waals surface area contributed by atoms with E-state index in [0.29, 0.717) is 24.2 Å². The Labute approximate surface area is 130 Å². The summed E-state index contributed by atoms with van der Waals surface area (Å²) in [7, 11) is 0. The summed E-state index contributed by atoms with van der Waals surface area (Å²) in [5.41, 5.74) is 1.94. The molecule has 1 aromatic carbocycles. The SMILES string of the molecule is CC(C)CNCc1cc(COCc2cccc(Cl)c2)on1. The standard InChI is InChI=1S/C16H21ClN2O2/c1-12(2)8-18-9-15-7-16(21-19-15)11-20-10-13-4-3-5-14(17)6-13/h3-7,12,18H,8-11H2,1-2H3. The molecule has 114 valence electrons. The Bertz CT molecular complexity index is 555. The van der Waals surface area contributed by atoms with Crippen molar-refractivity contribution in [3.05, 3.63) is 52.4 Å². The lowest BCUT2D eigenvalue weighted by atomic mass is 10.2. The molecule has 2 aromatic rings. The van der Waals surface area contributed by atoms with Gasteiger partial charge in [-0.25, -0.2) is 0 Å². The van der Waals surface area contributed by atoms with Gasteiger partial charge in [-0.3, -0.25) is 0 Å². The number of nitrogens with zero attached hydrogens (tertiary/aromatic N) is 1. The second-order valence-corrected chi connectivity index (χ2v) is 5.87. The Morgan fingerprint density at radius 3 is 2.90 bits per heavy atom. The highest BCUT2D eigenvalue weighted by atomic mass is 35.5. The molecular weight excluding hydrogens is 288 g/mol. The van der Waals surface area contributed by atoms with E-state index in [1.807, 2.05) is 30.3 Å². The smallest absolute Gasteiger partial charge is 0.162 e. The molecule has 0 unspecified atom stereocenters. The third-order valence-corrected chi connectivity index (χ3v) is 3.10. The van der Waals surface area contributed by atoms with Crippen LogP contribution in [0.5, 0.6) is 0 Å². The van der Waals surface area contributed by atoms with E-state index in [9.17, 15) is 0 Å². The average molecular weight is 309 g/mol. The summed E-state index contributed by atoms with van der Waals surface area (Å²) >= 11 is 5.92. The summed E-state index contributed by atoms with van der Waals surface area (Å²) in [5.74, 6) is 1.36. The van der Waals surface area contributed by atoms with Gasteiger partial charge in [0, 0.05) is 17.6 Å². The maximum Gasteiger partial charge on any atom is 0.162 e. The van der Waals surface area contributed by atoms with Crippen LogP contribution in [0, 0.1) is 5.92 Å². The monoisotopic (exact) mass is 308 g/mol. The number of rotatable bonds is 8. The second kappa shape index (κ2) is 8.17. The van der Waals surface area contributed by atoms with E-state index in [2.05, 4.69) is 24.3 Å². The third-order valence-electron chi connectivity index (χ3n) is 2.87. The van der Waals surface area contributed by atoms with Gasteiger partial charge >= 0.3 is 0 Å². The first-order chi connectivity index (χ1) is 10.1. The van der Waals surface area contributed by atoms with Gasteiger partial charge in [-0.2, -0.15) is 0 Å². The molecule has 0 saturated carbocycles. The first kappa shape index (κ1) is 16.0. The Balaban J connectivity index is 1.72. The second-order valence-electron chi connectivity index (χ2n) is 5.43. The number of halogens is 1. The van der Waals surface area contributed by atoms with Crippen LogP contribution < -0.4 is 5.32 Å². The number of hydrogen-bond acceptors (Lipinski definition) is 4. The molecule has 0 amide bonds. The van der Waals surface area contributed by atoms with Gasteiger partial charge in [-0.15, -0.1) is 0 Å². The molecule has 0 spiro atoms. The predicted molar refractivity (Wildman–Crippen MR) is 83.0 cm³/mol. The maximum atomic E-state index is 5.92. The molecule has 0 saturated heterocycles. The van der Waals surface area contributed by atoms with Crippen molar-refractivity contribution in [1.82, 2.24) is 10.5 Å². The summed E-state index contributed by atoms with van der Waals surface area (Å²) in [4.78, 5) is 0. The van der Waals surface area contributed by atoms with Crippen molar-refractivity contribution >= 4 is 11.6 Å². The minimum atomic E-state index is 0.406. The van der Waals surface area contributed by atoms with Crippen LogP contribution in [-0.2, 0) is 24.5 Å². The molecule has 4 nitrogen and oxygen atoms in total. The topological polar surface area (TPSA) is 47.3 Å². The first-order valence-corrected chi connectivity index (χ1v) is 7.48. The number of nitrogens with one attached hydrogen (secondary N) is 1. The molecule has 1 N–H and O–H groups in total. The molecule has 2 rings (SSSR count). The lowest BCUT2D eigenvalue weighted by Crippen LogP contribution is -2.19. The Kier molecular flexibility index (Phi) is 6.23. The normalized spacial score (nSPS) is 11.2. The van der Waals surface area contributed by atoms with Crippen LogP contribution in [-0.4, -0.2) is 11.7 Å². The minimum absolute atomic E-state index is 0.406. The van der Waals surface area contributed by atoms with Gasteiger partial charge in [0.05, 0.1) is 12.3 Å². The molecule has 21 heavy (non-hydrogen) atoms. The summed E-state index contributed by atoms with van der Waals surface area (Å²) in [5, 5.41) is 8.06. The number of hydrogen-bond donors (Lipinski definition) is 1. The van der Waals surface area contributed by atoms with Crippen molar-refractivity contribution < 1.29 is 9.26 Å². The van der Waals surface area contributed by atoms with Gasteiger partial charge in [0.1, 0.15) is 6.61 Å². The van der Waals surface area contributed by atoms with Crippen molar-refractivity contribution in [1.29, 1.82) is 0 Å². The largest absolute Gasteiger partial charge is 0.369 e. The molecule has 0 aliphatic heterocycles. The van der Waals surface area contributed by atoms with Crippen LogP contribution in [0.4, 0.5) is 0 Å². The van der Waals surface area contributed by atoms with Gasteiger partial charge in [-0.1, -0.05) is 42.7 Å². The lowest BCUT2D eigenvalue weighted by Gasteiger charge is -2.04. The highest BCUT2D eigenvalue weighted by Crippen LogP contribution is 2.12. The van der Waals surface area contributed by atoms with Crippen molar-refractivity contribution in [2.24, 2.45) is 5.92 Å². The molecule has 0 bridgehead atoms. The summed E-state index contributed by atoms with van der Waals surface area (Å²) in [6.07, 6.45) is 0. The van der Waals surface area contributed by atoms with Crippen molar-refractivity contribution in [2.75, 3.05) is 6.54 Å². The quantitative estimate of drug-likeness (QED) is 0.806.